The summed E-state index contributed by atoms with van der Waals surface area (Å²) in [5, 5.41) is 3.02. The molecule has 0 saturated carbocycles. The number of rotatable bonds is 4. The fourth-order valence-corrected chi connectivity index (χ4v) is 3.62. The fraction of sp³-hybridized carbons (Fsp3) is 0.261. The molecule has 2 heterocycles. The summed E-state index contributed by atoms with van der Waals surface area (Å²) in [5.41, 5.74) is 3.64. The number of carbonyl (C=O) groups is 1. The summed E-state index contributed by atoms with van der Waals surface area (Å²) in [6, 6.07) is 14.1. The maximum Gasteiger partial charge on any atom is 0.229 e. The molecule has 0 aliphatic carbocycles. The predicted molar refractivity (Wildman–Crippen MR) is 112 cm³/mol. The van der Waals surface area contributed by atoms with Crippen molar-refractivity contribution in [2.24, 2.45) is 5.92 Å². The second kappa shape index (κ2) is 8.39. The Hall–Kier alpha value is -3.28. The lowest BCUT2D eigenvalue weighted by molar-refractivity contribution is -0.120. The van der Waals surface area contributed by atoms with Crippen LogP contribution < -0.4 is 10.2 Å². The molecule has 1 atom stereocenters. The highest BCUT2D eigenvalue weighted by molar-refractivity contribution is 5.93. The molecule has 6 heteroatoms. The number of nitrogens with zero attached hydrogens (tertiary/aromatic N) is 3. The van der Waals surface area contributed by atoms with Crippen molar-refractivity contribution in [1.82, 2.24) is 9.97 Å². The summed E-state index contributed by atoms with van der Waals surface area (Å²) in [7, 11) is 0. The normalized spacial score (nSPS) is 16.5. The number of halogens is 1. The van der Waals surface area contributed by atoms with Gasteiger partial charge in [0.1, 0.15) is 5.82 Å². The molecule has 1 aliphatic heterocycles. The lowest BCUT2D eigenvalue weighted by Crippen LogP contribution is -2.41. The Morgan fingerprint density at radius 1 is 1.10 bits per heavy atom. The number of benzene rings is 2. The molecular weight excluding hydrogens is 367 g/mol. The van der Waals surface area contributed by atoms with E-state index in [1.165, 1.54) is 12.1 Å². The zero-order valence-electron chi connectivity index (χ0n) is 16.3. The van der Waals surface area contributed by atoms with E-state index in [1.54, 1.807) is 24.5 Å². The minimum absolute atomic E-state index is 0.0308. The summed E-state index contributed by atoms with van der Waals surface area (Å²) >= 11 is 0. The first-order valence-corrected chi connectivity index (χ1v) is 9.79. The first-order chi connectivity index (χ1) is 14.1. The molecule has 5 nitrogen and oxygen atoms in total. The number of aryl methyl sites for hydroxylation is 1. The predicted octanol–water partition coefficient (Wildman–Crippen LogP) is 4.45. The quantitative estimate of drug-likeness (QED) is 0.715. The fourth-order valence-electron chi connectivity index (χ4n) is 3.62. The van der Waals surface area contributed by atoms with Gasteiger partial charge < -0.3 is 10.2 Å². The smallest absolute Gasteiger partial charge is 0.229 e. The molecule has 4 rings (SSSR count). The van der Waals surface area contributed by atoms with E-state index in [4.69, 9.17) is 0 Å². The van der Waals surface area contributed by atoms with Crippen molar-refractivity contribution in [3.05, 3.63) is 72.3 Å². The molecular formula is C23H23FN4O. The van der Waals surface area contributed by atoms with Crippen molar-refractivity contribution in [2.45, 2.75) is 19.8 Å². The molecule has 0 bridgehead atoms. The molecule has 1 aliphatic rings. The van der Waals surface area contributed by atoms with Crippen LogP contribution in [0.15, 0.2) is 60.9 Å². The van der Waals surface area contributed by atoms with E-state index in [1.807, 2.05) is 31.2 Å². The summed E-state index contributed by atoms with van der Waals surface area (Å²) in [5.74, 6) is 0.270. The van der Waals surface area contributed by atoms with Crippen LogP contribution in [0.5, 0.6) is 0 Å². The largest absolute Gasteiger partial charge is 0.340 e. The third-order valence-electron chi connectivity index (χ3n) is 5.18. The Labute approximate surface area is 169 Å². The van der Waals surface area contributed by atoms with Crippen molar-refractivity contribution >= 4 is 17.5 Å². The minimum atomic E-state index is -0.269. The highest BCUT2D eigenvalue weighted by Crippen LogP contribution is 2.24. The van der Waals surface area contributed by atoms with Crippen LogP contribution in [0.4, 0.5) is 16.0 Å². The number of amides is 1. The van der Waals surface area contributed by atoms with Crippen LogP contribution in [0.25, 0.3) is 11.1 Å². The van der Waals surface area contributed by atoms with Gasteiger partial charge >= 0.3 is 0 Å². The second-order valence-corrected chi connectivity index (χ2v) is 7.42. The zero-order valence-corrected chi connectivity index (χ0v) is 16.3. The summed E-state index contributed by atoms with van der Waals surface area (Å²) in [4.78, 5) is 23.7. The molecule has 1 saturated heterocycles. The second-order valence-electron chi connectivity index (χ2n) is 7.42. The van der Waals surface area contributed by atoms with Crippen LogP contribution >= 0.6 is 0 Å². The summed E-state index contributed by atoms with van der Waals surface area (Å²) in [6.07, 6.45) is 5.24. The van der Waals surface area contributed by atoms with Crippen molar-refractivity contribution in [3.63, 3.8) is 0 Å². The van der Waals surface area contributed by atoms with E-state index >= 15 is 0 Å². The summed E-state index contributed by atoms with van der Waals surface area (Å²) in [6.45, 7) is 3.42. The number of hydrogen-bond donors (Lipinski definition) is 1. The highest BCUT2D eigenvalue weighted by Gasteiger charge is 2.27. The first kappa shape index (κ1) is 19.1. The van der Waals surface area contributed by atoms with Gasteiger partial charge in [0.25, 0.3) is 0 Å². The maximum absolute atomic E-state index is 13.1. The Morgan fingerprint density at radius 2 is 1.86 bits per heavy atom. The van der Waals surface area contributed by atoms with E-state index in [0.29, 0.717) is 12.5 Å². The lowest BCUT2D eigenvalue weighted by atomic mass is 9.97. The van der Waals surface area contributed by atoms with Gasteiger partial charge in [-0.05, 0) is 55.2 Å². The average Bonchev–Trinajstić information content (AvgIpc) is 2.74. The monoisotopic (exact) mass is 390 g/mol. The van der Waals surface area contributed by atoms with Crippen LogP contribution in [0, 0.1) is 18.7 Å². The number of anilines is 2. The van der Waals surface area contributed by atoms with Crippen molar-refractivity contribution in [2.75, 3.05) is 23.3 Å². The van der Waals surface area contributed by atoms with E-state index in [0.717, 1.165) is 41.8 Å². The molecule has 1 N–H and O–H groups in total. The molecule has 2 aromatic carbocycles. The van der Waals surface area contributed by atoms with Gasteiger partial charge in [0.05, 0.1) is 5.92 Å². The molecule has 1 fully saturated rings. The molecule has 148 valence electrons. The Morgan fingerprint density at radius 3 is 2.59 bits per heavy atom. The Balaban J connectivity index is 1.42. The molecule has 0 spiro atoms. The number of piperidine rings is 1. The van der Waals surface area contributed by atoms with Crippen LogP contribution in [-0.2, 0) is 4.79 Å². The van der Waals surface area contributed by atoms with Crippen LogP contribution in [-0.4, -0.2) is 29.0 Å². The van der Waals surface area contributed by atoms with Gasteiger partial charge in [-0.25, -0.2) is 14.4 Å². The number of carbonyl (C=O) groups excluding carboxylic acids is 1. The topological polar surface area (TPSA) is 58.1 Å². The van der Waals surface area contributed by atoms with E-state index in [-0.39, 0.29) is 17.6 Å². The summed E-state index contributed by atoms with van der Waals surface area (Å²) < 4.78 is 13.1. The Kier molecular flexibility index (Phi) is 5.51. The van der Waals surface area contributed by atoms with Crippen molar-refractivity contribution < 1.29 is 9.18 Å². The van der Waals surface area contributed by atoms with E-state index in [2.05, 4.69) is 20.2 Å². The van der Waals surface area contributed by atoms with Gasteiger partial charge in [0.2, 0.25) is 11.9 Å². The van der Waals surface area contributed by atoms with Crippen molar-refractivity contribution in [1.29, 1.82) is 0 Å². The highest BCUT2D eigenvalue weighted by atomic mass is 19.1. The van der Waals surface area contributed by atoms with Crippen LogP contribution in [0.3, 0.4) is 0 Å². The maximum atomic E-state index is 13.1. The first-order valence-electron chi connectivity index (χ1n) is 9.79. The van der Waals surface area contributed by atoms with Gasteiger partial charge in [0.15, 0.2) is 0 Å². The minimum Gasteiger partial charge on any atom is -0.340 e. The van der Waals surface area contributed by atoms with Gasteiger partial charge in [-0.1, -0.05) is 24.3 Å². The number of nitrogens with one attached hydrogen (secondary N) is 1. The van der Waals surface area contributed by atoms with Gasteiger partial charge in [-0.3, -0.25) is 4.79 Å². The van der Waals surface area contributed by atoms with Crippen molar-refractivity contribution in [3.8, 4) is 11.1 Å². The van der Waals surface area contributed by atoms with Gasteiger partial charge in [-0.15, -0.1) is 0 Å². The van der Waals surface area contributed by atoms with Gasteiger partial charge in [0, 0.05) is 36.7 Å². The molecule has 1 unspecified atom stereocenters. The van der Waals surface area contributed by atoms with Gasteiger partial charge in [-0.2, -0.15) is 0 Å². The van der Waals surface area contributed by atoms with E-state index in [9.17, 15) is 9.18 Å². The van der Waals surface area contributed by atoms with Crippen LogP contribution in [0.2, 0.25) is 0 Å². The third kappa shape index (κ3) is 4.59. The molecule has 0 radical (unpaired) electrons. The standard InChI is InChI=1S/C23H23FN4O/c1-16-4-2-6-21(12-16)27-22(29)18-5-3-11-28(15-18)23-25-13-19(14-26-23)17-7-9-20(24)10-8-17/h2,4,6-10,12-14,18H,3,5,11,15H2,1H3,(H,27,29). The Bertz CT molecular complexity index is 989. The van der Waals surface area contributed by atoms with Crippen LogP contribution in [0.1, 0.15) is 18.4 Å². The lowest BCUT2D eigenvalue weighted by Gasteiger charge is -2.32. The van der Waals surface area contributed by atoms with E-state index < -0.39 is 0 Å². The SMILES string of the molecule is Cc1cccc(NC(=O)C2CCCN(c3ncc(-c4ccc(F)cc4)cn3)C2)c1. The third-order valence-corrected chi connectivity index (χ3v) is 5.18. The zero-order chi connectivity index (χ0) is 20.2. The molecule has 3 aromatic rings. The number of aromatic nitrogens is 2. The molecule has 1 amide bonds. The molecule has 29 heavy (non-hydrogen) atoms. The average molecular weight is 390 g/mol. The molecule has 1 aromatic heterocycles. The number of hydrogen-bond acceptors (Lipinski definition) is 4.